The molecule has 3 aromatic carbocycles. The number of halogens is 2. The van der Waals surface area contributed by atoms with Crippen molar-refractivity contribution in [2.45, 2.75) is 4.90 Å². The Hall–Kier alpha value is -4.76. The number of benzene rings is 3. The fourth-order valence-corrected chi connectivity index (χ4v) is 5.45. The van der Waals surface area contributed by atoms with Crippen LogP contribution in [0.1, 0.15) is 0 Å². The fraction of sp³-hybridized carbons (Fsp3) is 0. The van der Waals surface area contributed by atoms with Gasteiger partial charge in [0.2, 0.25) is 0 Å². The molecule has 9 heteroatoms. The van der Waals surface area contributed by atoms with Crippen LogP contribution >= 0.6 is 0 Å². The average Bonchev–Trinajstić information content (AvgIpc) is 2.94. The van der Waals surface area contributed by atoms with Crippen molar-refractivity contribution >= 4 is 37.4 Å². The molecule has 0 amide bonds. The summed E-state index contributed by atoms with van der Waals surface area (Å²) in [4.78, 5) is 12.9. The number of pyridine rings is 3. The van der Waals surface area contributed by atoms with Gasteiger partial charge in [-0.3, -0.25) is 19.7 Å². The lowest BCUT2D eigenvalue weighted by atomic mass is 9.96. The summed E-state index contributed by atoms with van der Waals surface area (Å²) in [7, 11) is -4.19. The molecule has 1 N–H and O–H groups in total. The molecule has 0 atom stereocenters. The van der Waals surface area contributed by atoms with E-state index in [9.17, 15) is 17.2 Å². The summed E-state index contributed by atoms with van der Waals surface area (Å²) in [5, 5.41) is 2.93. The van der Waals surface area contributed by atoms with Gasteiger partial charge in [-0.2, -0.15) is 0 Å². The predicted molar refractivity (Wildman–Crippen MR) is 143 cm³/mol. The fourth-order valence-electron chi connectivity index (χ4n) is 4.39. The van der Waals surface area contributed by atoms with Crippen LogP contribution in [0.5, 0.6) is 0 Å². The van der Waals surface area contributed by atoms with E-state index >= 15 is 0 Å². The third kappa shape index (κ3) is 4.33. The molecule has 0 aliphatic carbocycles. The number of aromatic nitrogens is 3. The van der Waals surface area contributed by atoms with Crippen molar-refractivity contribution in [1.82, 2.24) is 15.0 Å². The minimum atomic E-state index is -4.19. The van der Waals surface area contributed by atoms with Crippen LogP contribution in [0, 0.1) is 11.6 Å². The van der Waals surface area contributed by atoms with E-state index in [4.69, 9.17) is 0 Å². The first-order chi connectivity index (χ1) is 18.4. The van der Waals surface area contributed by atoms with E-state index in [-0.39, 0.29) is 10.6 Å². The summed E-state index contributed by atoms with van der Waals surface area (Å²) in [6.07, 6.45) is 8.10. The van der Waals surface area contributed by atoms with Gasteiger partial charge in [-0.25, -0.2) is 17.2 Å². The molecule has 3 aromatic heterocycles. The van der Waals surface area contributed by atoms with Crippen LogP contribution in [0.2, 0.25) is 0 Å². The first-order valence-electron chi connectivity index (χ1n) is 11.5. The number of hydrogen-bond acceptors (Lipinski definition) is 5. The second-order valence-corrected chi connectivity index (χ2v) is 10.3. The van der Waals surface area contributed by atoms with Crippen LogP contribution in [0.15, 0.2) is 109 Å². The highest BCUT2D eigenvalue weighted by atomic mass is 32.2. The second kappa shape index (κ2) is 9.28. The maximum atomic E-state index is 14.1. The zero-order valence-electron chi connectivity index (χ0n) is 19.6. The lowest BCUT2D eigenvalue weighted by Crippen LogP contribution is -2.14. The average molecular weight is 525 g/mol. The molecule has 0 unspecified atom stereocenters. The summed E-state index contributed by atoms with van der Waals surface area (Å²) in [6, 6.07) is 19.6. The van der Waals surface area contributed by atoms with E-state index in [2.05, 4.69) is 19.7 Å². The predicted octanol–water partition coefficient (Wildman–Crippen LogP) is 6.59. The highest BCUT2D eigenvalue weighted by molar-refractivity contribution is 7.92. The van der Waals surface area contributed by atoms with Gasteiger partial charge >= 0.3 is 0 Å². The van der Waals surface area contributed by atoms with Gasteiger partial charge in [0.15, 0.2) is 0 Å². The van der Waals surface area contributed by atoms with Gasteiger partial charge in [0.05, 0.1) is 11.2 Å². The van der Waals surface area contributed by atoms with Gasteiger partial charge < -0.3 is 0 Å². The van der Waals surface area contributed by atoms with Crippen molar-refractivity contribution in [2.24, 2.45) is 0 Å². The maximum absolute atomic E-state index is 14.1. The standard InChI is InChI=1S/C29H18F2N4O2S/c30-21-6-8-29(27(31)13-21)35-38(36,37)22-11-20(15-32-16-22)18-5-7-28-25(12-18)24(9-10-34-28)26-17-33-14-19-3-1-2-4-23(19)26/h1-17,35H. The first kappa shape index (κ1) is 23.6. The maximum Gasteiger partial charge on any atom is 0.263 e. The molecule has 0 fully saturated rings. The Kier molecular flexibility index (Phi) is 5.77. The molecule has 3 heterocycles. The van der Waals surface area contributed by atoms with Crippen molar-refractivity contribution in [3.05, 3.63) is 115 Å². The minimum absolute atomic E-state index is 0.163. The Morgan fingerprint density at radius 3 is 2.42 bits per heavy atom. The summed E-state index contributed by atoms with van der Waals surface area (Å²) in [5.74, 6) is -1.83. The van der Waals surface area contributed by atoms with Gasteiger partial charge in [0.1, 0.15) is 16.5 Å². The number of sulfonamides is 1. The van der Waals surface area contributed by atoms with E-state index in [1.54, 1.807) is 12.4 Å². The first-order valence-corrected chi connectivity index (χ1v) is 13.0. The van der Waals surface area contributed by atoms with Crippen LogP contribution in [0.3, 0.4) is 0 Å². The Balaban J connectivity index is 1.43. The number of hydrogen-bond donors (Lipinski definition) is 1. The normalized spacial score (nSPS) is 11.6. The molecule has 0 aliphatic heterocycles. The third-order valence-electron chi connectivity index (χ3n) is 6.23. The van der Waals surface area contributed by atoms with Gasteiger partial charge in [-0.05, 0) is 52.9 Å². The second-order valence-electron chi connectivity index (χ2n) is 8.64. The molecule has 38 heavy (non-hydrogen) atoms. The van der Waals surface area contributed by atoms with Crippen LogP contribution in [-0.4, -0.2) is 23.4 Å². The Labute approximate surface area is 216 Å². The van der Waals surface area contributed by atoms with E-state index in [0.29, 0.717) is 11.6 Å². The summed E-state index contributed by atoms with van der Waals surface area (Å²) >= 11 is 0. The van der Waals surface area contributed by atoms with Crippen molar-refractivity contribution in [3.63, 3.8) is 0 Å². The number of nitrogens with one attached hydrogen (secondary N) is 1. The zero-order valence-corrected chi connectivity index (χ0v) is 20.5. The minimum Gasteiger partial charge on any atom is -0.277 e. The molecule has 186 valence electrons. The largest absolute Gasteiger partial charge is 0.277 e. The van der Waals surface area contributed by atoms with E-state index in [1.807, 2.05) is 60.9 Å². The summed E-state index contributed by atoms with van der Waals surface area (Å²) in [5.41, 5.74) is 3.56. The Morgan fingerprint density at radius 1 is 0.711 bits per heavy atom. The summed E-state index contributed by atoms with van der Waals surface area (Å²) < 4.78 is 55.4. The lowest BCUT2D eigenvalue weighted by Gasteiger charge is -2.12. The van der Waals surface area contributed by atoms with Crippen LogP contribution in [-0.2, 0) is 10.0 Å². The number of rotatable bonds is 5. The van der Waals surface area contributed by atoms with E-state index in [1.165, 1.54) is 12.3 Å². The monoisotopic (exact) mass is 524 g/mol. The molecule has 6 rings (SSSR count). The quantitative estimate of drug-likeness (QED) is 0.275. The van der Waals surface area contributed by atoms with Gasteiger partial charge in [0, 0.05) is 58.9 Å². The molecule has 6 aromatic rings. The molecule has 0 radical (unpaired) electrons. The van der Waals surface area contributed by atoms with Crippen LogP contribution < -0.4 is 4.72 Å². The van der Waals surface area contributed by atoms with Crippen molar-refractivity contribution < 1.29 is 17.2 Å². The SMILES string of the molecule is O=S(=O)(Nc1ccc(F)cc1F)c1cncc(-c2ccc3nccc(-c4cncc5ccccc45)c3c2)c1. The Bertz CT molecular complexity index is 1960. The van der Waals surface area contributed by atoms with Crippen molar-refractivity contribution in [2.75, 3.05) is 4.72 Å². The van der Waals surface area contributed by atoms with Crippen molar-refractivity contribution in [1.29, 1.82) is 0 Å². The number of anilines is 1. The highest BCUT2D eigenvalue weighted by Crippen LogP contribution is 2.35. The topological polar surface area (TPSA) is 84.8 Å². The summed E-state index contributed by atoms with van der Waals surface area (Å²) in [6.45, 7) is 0. The van der Waals surface area contributed by atoms with Crippen LogP contribution in [0.4, 0.5) is 14.5 Å². The molecular formula is C29H18F2N4O2S. The molecule has 0 spiro atoms. The van der Waals surface area contributed by atoms with E-state index < -0.39 is 21.7 Å². The molecular weight excluding hydrogens is 506 g/mol. The van der Waals surface area contributed by atoms with E-state index in [0.717, 1.165) is 50.5 Å². The Morgan fingerprint density at radius 2 is 1.55 bits per heavy atom. The molecule has 6 nitrogen and oxygen atoms in total. The van der Waals surface area contributed by atoms with Gasteiger partial charge in [0.25, 0.3) is 10.0 Å². The molecule has 0 saturated heterocycles. The van der Waals surface area contributed by atoms with Gasteiger partial charge in [-0.15, -0.1) is 0 Å². The lowest BCUT2D eigenvalue weighted by molar-refractivity contribution is 0.582. The molecule has 0 saturated carbocycles. The smallest absolute Gasteiger partial charge is 0.263 e. The van der Waals surface area contributed by atoms with Crippen LogP contribution in [0.25, 0.3) is 43.9 Å². The zero-order chi connectivity index (χ0) is 26.3. The molecule has 0 aliphatic rings. The molecule has 0 bridgehead atoms. The van der Waals surface area contributed by atoms with Crippen molar-refractivity contribution in [3.8, 4) is 22.3 Å². The van der Waals surface area contributed by atoms with Gasteiger partial charge in [-0.1, -0.05) is 30.3 Å². The highest BCUT2D eigenvalue weighted by Gasteiger charge is 2.18. The number of fused-ring (bicyclic) bond motifs is 2. The number of nitrogens with zero attached hydrogens (tertiary/aromatic N) is 3. The third-order valence-corrected chi connectivity index (χ3v) is 7.56.